The summed E-state index contributed by atoms with van der Waals surface area (Å²) in [6, 6.07) is 14.6. The van der Waals surface area contributed by atoms with Crippen LogP contribution < -0.4 is 41.0 Å². The number of nitrogens with zero attached hydrogens (tertiary/aromatic N) is 5. The molecule has 5 rings (SSSR count). The van der Waals surface area contributed by atoms with Gasteiger partial charge in [-0.25, -0.2) is 19.2 Å². The number of carboxylic acid groups (broad SMARTS) is 5. The predicted octanol–water partition coefficient (Wildman–Crippen LogP) is 2.83. The van der Waals surface area contributed by atoms with Crippen molar-refractivity contribution in [2.24, 2.45) is 0 Å². The van der Waals surface area contributed by atoms with Crippen LogP contribution in [-0.2, 0) is 36.8 Å². The average molecular weight is 1210 g/mol. The fourth-order valence-electron chi connectivity index (χ4n) is 8.96. The number of hydrogen-bond donors (Lipinski definition) is 11. The summed E-state index contributed by atoms with van der Waals surface area (Å²) in [7, 11) is 0. The molecule has 0 radical (unpaired) electrons. The highest BCUT2D eigenvalue weighted by Crippen LogP contribution is 2.31. The lowest BCUT2D eigenvalue weighted by Crippen LogP contribution is -2.53. The van der Waals surface area contributed by atoms with E-state index in [0.717, 1.165) is 9.80 Å². The number of nitrogens with one attached hydrogen (secondary N) is 4. The number of pyridine rings is 1. The number of anilines is 2. The van der Waals surface area contributed by atoms with Gasteiger partial charge in [0.15, 0.2) is 11.4 Å². The minimum atomic E-state index is -1.31. The molecule has 2 atom stereocenters. The first-order chi connectivity index (χ1) is 40.7. The highest BCUT2D eigenvalue weighted by atomic mass is 35.5. The fourth-order valence-corrected chi connectivity index (χ4v) is 9.19. The zero-order chi connectivity index (χ0) is 61.8. The van der Waals surface area contributed by atoms with Crippen LogP contribution in [0.15, 0.2) is 77.7 Å². The van der Waals surface area contributed by atoms with E-state index >= 15 is 0 Å². The number of hydrogen-bond acceptors (Lipinski definition) is 17. The number of carbonyl (C=O) groups is 7. The van der Waals surface area contributed by atoms with Crippen LogP contribution in [0.5, 0.6) is 17.2 Å². The third kappa shape index (κ3) is 22.9. The number of aromatic nitrogens is 1. The van der Waals surface area contributed by atoms with E-state index in [1.54, 1.807) is 72.5 Å². The highest BCUT2D eigenvalue weighted by molar-refractivity contribution is 6.31. The lowest BCUT2D eigenvalue weighted by Gasteiger charge is -2.37. The van der Waals surface area contributed by atoms with Gasteiger partial charge < -0.3 is 95.1 Å². The number of amides is 6. The summed E-state index contributed by atoms with van der Waals surface area (Å²) < 4.78 is 29.8. The number of aliphatic hydroxyl groups is 2. The Hall–Kier alpha value is -8.45. The maximum absolute atomic E-state index is 14.3. The first-order valence-corrected chi connectivity index (χ1v) is 27.3. The second-order valence-electron chi connectivity index (χ2n) is 19.2. The highest BCUT2D eigenvalue weighted by Gasteiger charge is 2.29. The topological polar surface area (TPSA) is 390 Å². The third-order valence-electron chi connectivity index (χ3n) is 13.0. The van der Waals surface area contributed by atoms with Crippen molar-refractivity contribution in [2.45, 2.75) is 38.4 Å². The number of urea groups is 2. The van der Waals surface area contributed by atoms with Crippen LogP contribution in [-0.4, -0.2) is 233 Å². The molecular weight excluding hydrogens is 1140 g/mol. The van der Waals surface area contributed by atoms with E-state index in [-0.39, 0.29) is 141 Å². The van der Waals surface area contributed by atoms with Gasteiger partial charge in [-0.1, -0.05) is 41.9 Å². The minimum Gasteiger partial charge on any atom is -0.491 e. The number of aliphatic carboxylic acids is 3. The van der Waals surface area contributed by atoms with E-state index < -0.39 is 79.3 Å². The first-order valence-electron chi connectivity index (χ1n) is 26.9. The Balaban J connectivity index is 1.14. The lowest BCUT2D eigenvalue weighted by atomic mass is 10.0. The normalized spacial score (nSPS) is 14.7. The Labute approximate surface area is 493 Å². The van der Waals surface area contributed by atoms with E-state index in [1.165, 1.54) is 21.7 Å². The molecule has 1 saturated heterocycles. The van der Waals surface area contributed by atoms with Gasteiger partial charge in [0.05, 0.1) is 71.7 Å². The van der Waals surface area contributed by atoms with E-state index in [2.05, 4.69) is 21.3 Å². The minimum absolute atomic E-state index is 0.000919. The number of ether oxygens (including phenoxy) is 5. The quantitative estimate of drug-likeness (QED) is 0.0334. The van der Waals surface area contributed by atoms with Crippen molar-refractivity contribution in [3.63, 3.8) is 0 Å². The fraction of sp³-hybridized carbons (Fsp3) is 0.455. The summed E-state index contributed by atoms with van der Waals surface area (Å²) in [6.07, 6.45) is -1.47. The van der Waals surface area contributed by atoms with E-state index in [0.29, 0.717) is 39.4 Å². The summed E-state index contributed by atoms with van der Waals surface area (Å²) in [5.74, 6) is -2.96. The van der Waals surface area contributed by atoms with Crippen LogP contribution in [0, 0.1) is 6.92 Å². The molecule has 1 unspecified atom stereocenters. The third-order valence-corrected chi connectivity index (χ3v) is 13.3. The largest absolute Gasteiger partial charge is 0.491 e. The molecule has 3 aromatic carbocycles. The molecule has 11 N–H and O–H groups in total. The van der Waals surface area contributed by atoms with E-state index in [4.69, 9.17) is 35.3 Å². The van der Waals surface area contributed by atoms with Gasteiger partial charge >= 0.3 is 42.2 Å². The Morgan fingerprint density at radius 2 is 1.32 bits per heavy atom. The number of halogens is 1. The second kappa shape index (κ2) is 35.0. The molecule has 4 aromatic rings. The Kier molecular flexibility index (Phi) is 27.7. The molecule has 30 heteroatoms. The van der Waals surface area contributed by atoms with Crippen molar-refractivity contribution in [3.8, 4) is 17.2 Å². The molecule has 0 bridgehead atoms. The van der Waals surface area contributed by atoms with Gasteiger partial charge in [0.25, 0.3) is 5.56 Å². The van der Waals surface area contributed by atoms with Crippen molar-refractivity contribution in [1.82, 2.24) is 34.8 Å². The van der Waals surface area contributed by atoms with Crippen LogP contribution in [0.1, 0.15) is 34.7 Å². The molecule has 0 spiro atoms. The molecule has 1 aliphatic rings. The number of rotatable bonds is 30. The van der Waals surface area contributed by atoms with Crippen molar-refractivity contribution in [2.75, 3.05) is 136 Å². The maximum Gasteiger partial charge on any atom is 0.407 e. The molecule has 85 heavy (non-hydrogen) atoms. The number of carboxylic acids is 3. The van der Waals surface area contributed by atoms with E-state index in [1.807, 2.05) is 0 Å². The van der Waals surface area contributed by atoms with Crippen molar-refractivity contribution < 1.29 is 93.0 Å². The first kappa shape index (κ1) is 67.3. The monoisotopic (exact) mass is 1210 g/mol. The molecular formula is C55H72ClN9O20. The van der Waals surface area contributed by atoms with Crippen LogP contribution in [0.3, 0.4) is 0 Å². The van der Waals surface area contributed by atoms with Gasteiger partial charge in [-0.05, 0) is 60.9 Å². The Bertz CT molecular complexity index is 2940. The molecule has 6 amide bonds. The standard InChI is InChI=1S/C55H72ClN9O20/c1-36-31-65(33-42-43(56)6-3-7-45(42)84-23-20-67)51(74)49(60-53(76)59-44(30-46(68)69)38-4-2-5-41(29-38)83-22-19-66)50(36)85-27-26-82-25-24-81-21-12-57-52(75)58-39-10-8-37(9-11-39)28-40-32-61(34-47(70)71)13-14-62(54(77)78)15-16-63(55(79)80)17-18-64(40)35-48(72)73/h2-11,29,31,40,44,66-67H,12-28,30,32-35H2,1H3,(H,68,69)(H,70,71)(H,72,73)(H,77,78)(H,79,80)(H2,57,58,75)(H2,59,60,76)/t40?,44-/m0/s1. The molecule has 29 nitrogen and oxygen atoms in total. The van der Waals surface area contributed by atoms with Crippen LogP contribution in [0.4, 0.5) is 30.6 Å². The molecule has 1 fully saturated rings. The Morgan fingerprint density at radius 1 is 0.682 bits per heavy atom. The summed E-state index contributed by atoms with van der Waals surface area (Å²) in [5, 5.41) is 78.2. The molecule has 1 aromatic heterocycles. The zero-order valence-electron chi connectivity index (χ0n) is 46.7. The molecule has 1 aliphatic heterocycles. The number of benzene rings is 3. The van der Waals surface area contributed by atoms with Crippen LogP contribution >= 0.6 is 11.6 Å². The van der Waals surface area contributed by atoms with Crippen molar-refractivity contribution in [1.29, 1.82) is 0 Å². The molecule has 2 heterocycles. The van der Waals surface area contributed by atoms with Gasteiger partial charge in [-0.15, -0.1) is 0 Å². The van der Waals surface area contributed by atoms with Gasteiger partial charge in [-0.2, -0.15) is 0 Å². The predicted molar refractivity (Wildman–Crippen MR) is 305 cm³/mol. The molecule has 0 aliphatic carbocycles. The zero-order valence-corrected chi connectivity index (χ0v) is 47.4. The van der Waals surface area contributed by atoms with Gasteiger partial charge in [-0.3, -0.25) is 29.0 Å². The van der Waals surface area contributed by atoms with Gasteiger partial charge in [0.2, 0.25) is 0 Å². The molecule has 464 valence electrons. The SMILES string of the molecule is Cc1cn(Cc2c(Cl)cccc2OCCO)c(=O)c(NC(=O)N[C@@H](CC(=O)O)c2cccc(OCCO)c2)c1OCCOCCOCCNC(=O)Nc1ccc(CC2CN(CC(=O)O)CCN(C(=O)O)CCN(C(=O)O)CCN2CC(=O)O)cc1. The number of carbonyl (C=O) groups excluding carboxylic acids is 2. The maximum atomic E-state index is 14.3. The second-order valence-corrected chi connectivity index (χ2v) is 19.6. The number of aliphatic hydroxyl groups excluding tert-OH is 2. The molecule has 0 saturated carbocycles. The van der Waals surface area contributed by atoms with Crippen molar-refractivity contribution in [3.05, 3.63) is 111 Å². The van der Waals surface area contributed by atoms with E-state index in [9.17, 15) is 74.1 Å². The lowest BCUT2D eigenvalue weighted by molar-refractivity contribution is -0.141. The average Bonchev–Trinajstić information content (AvgIpc) is 2.74. The van der Waals surface area contributed by atoms with Gasteiger partial charge in [0.1, 0.15) is 31.3 Å². The number of aryl methyl sites for hydroxylation is 1. The Morgan fingerprint density at radius 3 is 1.98 bits per heavy atom. The summed E-state index contributed by atoms with van der Waals surface area (Å²) in [4.78, 5) is 106. The summed E-state index contributed by atoms with van der Waals surface area (Å²) in [6.45, 7) is -0.391. The van der Waals surface area contributed by atoms with Gasteiger partial charge in [0, 0.05) is 86.4 Å². The summed E-state index contributed by atoms with van der Waals surface area (Å²) in [5.41, 5.74) is 1.26. The smallest absolute Gasteiger partial charge is 0.407 e. The van der Waals surface area contributed by atoms with Crippen LogP contribution in [0.25, 0.3) is 0 Å². The van der Waals surface area contributed by atoms with Crippen molar-refractivity contribution >= 4 is 65.1 Å². The van der Waals surface area contributed by atoms with Crippen LogP contribution in [0.2, 0.25) is 5.02 Å². The summed E-state index contributed by atoms with van der Waals surface area (Å²) >= 11 is 6.55.